The molecule has 0 bridgehead atoms. The highest BCUT2D eigenvalue weighted by molar-refractivity contribution is 5.57. The smallest absolute Gasteiger partial charge is 0.143 e. The molecule has 1 fully saturated rings. The van der Waals surface area contributed by atoms with Crippen molar-refractivity contribution < 1.29 is 0 Å². The van der Waals surface area contributed by atoms with Gasteiger partial charge in [0.05, 0.1) is 5.69 Å². The Kier molecular flexibility index (Phi) is 4.18. The van der Waals surface area contributed by atoms with Crippen LogP contribution in [0.1, 0.15) is 44.6 Å². The lowest BCUT2D eigenvalue weighted by molar-refractivity contribution is 0.330. The molecule has 1 aliphatic carbocycles. The van der Waals surface area contributed by atoms with Crippen molar-refractivity contribution in [2.45, 2.75) is 52.0 Å². The first-order valence-corrected chi connectivity index (χ1v) is 7.87. The summed E-state index contributed by atoms with van der Waals surface area (Å²) in [5, 5.41) is 15.1. The standard InChI is InChI=1S/C16H23N5/c1-3-13-5-7-14(8-6-13)18-16-10-15(9-4-12(16)2)21-11-17-19-20-21/h4,9-11,13-14,18H,3,5-8H2,1-2H3. The number of aromatic nitrogens is 4. The molecular weight excluding hydrogens is 262 g/mol. The summed E-state index contributed by atoms with van der Waals surface area (Å²) in [7, 11) is 0. The SMILES string of the molecule is CCC1CCC(Nc2cc(-n3cnnn3)ccc2C)CC1. The molecule has 0 radical (unpaired) electrons. The highest BCUT2D eigenvalue weighted by Crippen LogP contribution is 2.29. The Morgan fingerprint density at radius 2 is 2.05 bits per heavy atom. The Hall–Kier alpha value is -1.91. The van der Waals surface area contributed by atoms with Gasteiger partial charge in [-0.3, -0.25) is 0 Å². The Balaban J connectivity index is 1.72. The summed E-state index contributed by atoms with van der Waals surface area (Å²) in [5.74, 6) is 0.928. The fraction of sp³-hybridized carbons (Fsp3) is 0.562. The van der Waals surface area contributed by atoms with E-state index in [0.717, 1.165) is 11.6 Å². The quantitative estimate of drug-likeness (QED) is 0.936. The maximum absolute atomic E-state index is 3.95. The molecule has 1 aliphatic rings. The fourth-order valence-electron chi connectivity index (χ4n) is 3.12. The number of rotatable bonds is 4. The van der Waals surface area contributed by atoms with E-state index in [1.165, 1.54) is 43.4 Å². The van der Waals surface area contributed by atoms with E-state index in [4.69, 9.17) is 0 Å². The summed E-state index contributed by atoms with van der Waals surface area (Å²) in [5.41, 5.74) is 3.46. The van der Waals surface area contributed by atoms with E-state index in [9.17, 15) is 0 Å². The van der Waals surface area contributed by atoms with Gasteiger partial charge in [0.15, 0.2) is 0 Å². The summed E-state index contributed by atoms with van der Waals surface area (Å²) in [6, 6.07) is 6.90. The van der Waals surface area contributed by atoms with Gasteiger partial charge in [-0.05, 0) is 66.6 Å². The van der Waals surface area contributed by atoms with Gasteiger partial charge in [-0.2, -0.15) is 0 Å². The zero-order valence-corrected chi connectivity index (χ0v) is 12.8. The van der Waals surface area contributed by atoms with Gasteiger partial charge in [0.25, 0.3) is 0 Å². The van der Waals surface area contributed by atoms with Crippen LogP contribution in [-0.4, -0.2) is 26.2 Å². The summed E-state index contributed by atoms with van der Waals surface area (Å²) in [4.78, 5) is 0. The van der Waals surface area contributed by atoms with Crippen LogP contribution in [-0.2, 0) is 0 Å². The third kappa shape index (κ3) is 3.23. The largest absolute Gasteiger partial charge is 0.382 e. The van der Waals surface area contributed by atoms with E-state index in [-0.39, 0.29) is 0 Å². The number of hydrogen-bond acceptors (Lipinski definition) is 4. The molecule has 5 heteroatoms. The van der Waals surface area contributed by atoms with E-state index < -0.39 is 0 Å². The molecule has 1 saturated carbocycles. The van der Waals surface area contributed by atoms with Crippen LogP contribution in [0, 0.1) is 12.8 Å². The summed E-state index contributed by atoms with van der Waals surface area (Å²) < 4.78 is 1.69. The number of anilines is 1. The molecule has 112 valence electrons. The molecule has 2 aromatic rings. The van der Waals surface area contributed by atoms with Crippen LogP contribution in [0.5, 0.6) is 0 Å². The van der Waals surface area contributed by atoms with Gasteiger partial charge >= 0.3 is 0 Å². The number of nitrogens with zero attached hydrogens (tertiary/aromatic N) is 4. The number of tetrazole rings is 1. The zero-order valence-electron chi connectivity index (χ0n) is 12.8. The molecule has 3 rings (SSSR count). The number of aryl methyl sites for hydroxylation is 1. The van der Waals surface area contributed by atoms with Gasteiger partial charge in [0.1, 0.15) is 6.33 Å². The van der Waals surface area contributed by atoms with Crippen LogP contribution in [0.2, 0.25) is 0 Å². The molecule has 0 atom stereocenters. The Labute approximate surface area is 125 Å². The molecule has 1 aromatic carbocycles. The van der Waals surface area contributed by atoms with Gasteiger partial charge in [0.2, 0.25) is 0 Å². The van der Waals surface area contributed by atoms with Crippen LogP contribution >= 0.6 is 0 Å². The van der Waals surface area contributed by atoms with Crippen LogP contribution < -0.4 is 5.32 Å². The average Bonchev–Trinajstić information content (AvgIpc) is 3.04. The second-order valence-corrected chi connectivity index (χ2v) is 6.02. The van der Waals surface area contributed by atoms with Crippen molar-refractivity contribution >= 4 is 5.69 Å². The molecule has 0 spiro atoms. The third-order valence-corrected chi connectivity index (χ3v) is 4.62. The van der Waals surface area contributed by atoms with E-state index in [1.54, 1.807) is 11.0 Å². The number of benzene rings is 1. The fourth-order valence-corrected chi connectivity index (χ4v) is 3.12. The molecule has 1 heterocycles. The minimum absolute atomic E-state index is 0.593. The molecule has 0 aliphatic heterocycles. The van der Waals surface area contributed by atoms with Gasteiger partial charge in [-0.1, -0.05) is 19.4 Å². The van der Waals surface area contributed by atoms with Gasteiger partial charge in [0, 0.05) is 11.7 Å². The topological polar surface area (TPSA) is 55.6 Å². The minimum atomic E-state index is 0.593. The van der Waals surface area contributed by atoms with E-state index >= 15 is 0 Å². The molecular formula is C16H23N5. The summed E-state index contributed by atoms with van der Waals surface area (Å²) >= 11 is 0. The predicted molar refractivity (Wildman–Crippen MR) is 83.6 cm³/mol. The monoisotopic (exact) mass is 285 g/mol. The second kappa shape index (κ2) is 6.24. The van der Waals surface area contributed by atoms with Crippen LogP contribution in [0.3, 0.4) is 0 Å². The normalized spacial score (nSPS) is 22.2. The lowest BCUT2D eigenvalue weighted by Crippen LogP contribution is -2.26. The second-order valence-electron chi connectivity index (χ2n) is 6.02. The molecule has 5 nitrogen and oxygen atoms in total. The Morgan fingerprint density at radius 1 is 1.24 bits per heavy atom. The van der Waals surface area contributed by atoms with E-state index in [0.29, 0.717) is 6.04 Å². The minimum Gasteiger partial charge on any atom is -0.382 e. The number of nitrogens with one attached hydrogen (secondary N) is 1. The van der Waals surface area contributed by atoms with Crippen LogP contribution in [0.15, 0.2) is 24.5 Å². The van der Waals surface area contributed by atoms with E-state index in [2.05, 4.69) is 46.8 Å². The molecule has 1 N–H and O–H groups in total. The number of hydrogen-bond donors (Lipinski definition) is 1. The van der Waals surface area contributed by atoms with Crippen LogP contribution in [0.25, 0.3) is 5.69 Å². The molecule has 0 saturated heterocycles. The summed E-state index contributed by atoms with van der Waals surface area (Å²) in [6.45, 7) is 4.45. The van der Waals surface area contributed by atoms with Crippen molar-refractivity contribution in [1.29, 1.82) is 0 Å². The lowest BCUT2D eigenvalue weighted by Gasteiger charge is -2.29. The third-order valence-electron chi connectivity index (χ3n) is 4.62. The Bertz CT molecular complexity index is 570. The molecule has 0 amide bonds. The van der Waals surface area contributed by atoms with Crippen molar-refractivity contribution in [2.75, 3.05) is 5.32 Å². The first-order chi connectivity index (χ1) is 10.3. The van der Waals surface area contributed by atoms with E-state index in [1.807, 2.05) is 6.07 Å². The first-order valence-electron chi connectivity index (χ1n) is 7.87. The van der Waals surface area contributed by atoms with Crippen LogP contribution in [0.4, 0.5) is 5.69 Å². The highest BCUT2D eigenvalue weighted by Gasteiger charge is 2.20. The average molecular weight is 285 g/mol. The van der Waals surface area contributed by atoms with Crippen molar-refractivity contribution in [1.82, 2.24) is 20.2 Å². The van der Waals surface area contributed by atoms with Crippen molar-refractivity contribution in [3.8, 4) is 5.69 Å². The maximum atomic E-state index is 3.95. The lowest BCUT2D eigenvalue weighted by atomic mass is 9.84. The molecule has 1 aromatic heterocycles. The zero-order chi connectivity index (χ0) is 14.7. The predicted octanol–water partition coefficient (Wildman–Crippen LogP) is 3.35. The van der Waals surface area contributed by atoms with Crippen molar-refractivity contribution in [3.05, 3.63) is 30.1 Å². The maximum Gasteiger partial charge on any atom is 0.143 e. The van der Waals surface area contributed by atoms with Crippen molar-refractivity contribution in [3.63, 3.8) is 0 Å². The first kappa shape index (κ1) is 14.0. The Morgan fingerprint density at radius 3 is 2.71 bits per heavy atom. The van der Waals surface area contributed by atoms with Gasteiger partial charge in [-0.25, -0.2) is 4.68 Å². The molecule has 0 unspecified atom stereocenters. The molecule has 21 heavy (non-hydrogen) atoms. The van der Waals surface area contributed by atoms with Gasteiger partial charge in [-0.15, -0.1) is 5.10 Å². The highest BCUT2D eigenvalue weighted by atomic mass is 15.5. The van der Waals surface area contributed by atoms with Crippen molar-refractivity contribution in [2.24, 2.45) is 5.92 Å². The summed E-state index contributed by atoms with van der Waals surface area (Å²) in [6.07, 6.45) is 8.18. The van der Waals surface area contributed by atoms with Gasteiger partial charge < -0.3 is 5.32 Å².